The molecule has 0 saturated carbocycles. The summed E-state index contributed by atoms with van der Waals surface area (Å²) < 4.78 is 35.4. The van der Waals surface area contributed by atoms with Gasteiger partial charge in [-0.25, -0.2) is 4.79 Å². The number of carbonyl (C=O) groups excluding carboxylic acids is 1. The number of nitrogens with two attached hydrogens (primary N) is 1. The van der Waals surface area contributed by atoms with E-state index in [4.69, 9.17) is 34.2 Å². The summed E-state index contributed by atoms with van der Waals surface area (Å²) in [6.45, 7) is 0.159. The molecule has 2 N–H and O–H groups in total. The van der Waals surface area contributed by atoms with Gasteiger partial charge in [0.2, 0.25) is 5.75 Å². The second-order valence-electron chi connectivity index (χ2n) is 10.7. The highest BCUT2D eigenvalue weighted by atomic mass is 35.5. The molecular formula is C37H35Cl2N3O8. The van der Waals surface area contributed by atoms with E-state index in [1.165, 1.54) is 40.1 Å². The van der Waals surface area contributed by atoms with Crippen LogP contribution in [0.5, 0.6) is 28.7 Å². The number of benzene rings is 4. The summed E-state index contributed by atoms with van der Waals surface area (Å²) in [7, 11) is 7.24. The third kappa shape index (κ3) is 6.78. The summed E-state index contributed by atoms with van der Waals surface area (Å²) in [6, 6.07) is 23.1. The number of ether oxygens (including phenoxy) is 6. The van der Waals surface area contributed by atoms with Crippen molar-refractivity contribution >= 4 is 58.1 Å². The summed E-state index contributed by atoms with van der Waals surface area (Å²) >= 11 is 0. The number of hydrogen-bond donors (Lipinski definition) is 1. The van der Waals surface area contributed by atoms with Gasteiger partial charge in [-0.1, -0.05) is 18.2 Å². The van der Waals surface area contributed by atoms with Gasteiger partial charge < -0.3 is 34.2 Å². The highest BCUT2D eigenvalue weighted by Crippen LogP contribution is 2.45. The monoisotopic (exact) mass is 719 g/mol. The van der Waals surface area contributed by atoms with Gasteiger partial charge in [0.05, 0.1) is 46.5 Å². The number of carbonyl (C=O) groups is 1. The summed E-state index contributed by atoms with van der Waals surface area (Å²) in [6.07, 6.45) is 1.75. The molecule has 0 saturated heterocycles. The Morgan fingerprint density at radius 3 is 2.02 bits per heavy atom. The lowest BCUT2D eigenvalue weighted by atomic mass is 9.95. The molecule has 4 aromatic carbocycles. The quantitative estimate of drug-likeness (QED) is 0.116. The molecular weight excluding hydrogens is 685 g/mol. The minimum atomic E-state index is -0.752. The molecule has 0 unspecified atom stereocenters. The number of fused-ring (bicyclic) bond motifs is 2. The molecule has 0 radical (unpaired) electrons. The minimum Gasteiger partial charge on any atom is -0.493 e. The molecule has 0 aliphatic carbocycles. The van der Waals surface area contributed by atoms with E-state index >= 15 is 0 Å². The average molecular weight is 721 g/mol. The van der Waals surface area contributed by atoms with E-state index in [-0.39, 0.29) is 42.5 Å². The third-order valence-corrected chi connectivity index (χ3v) is 7.99. The fourth-order valence-electron chi connectivity index (χ4n) is 5.71. The second kappa shape index (κ2) is 15.7. The van der Waals surface area contributed by atoms with Crippen molar-refractivity contribution in [3.8, 4) is 45.6 Å². The number of aromatic nitrogens is 2. The Bertz CT molecular complexity index is 2220. The summed E-state index contributed by atoms with van der Waals surface area (Å²) in [5.41, 5.74) is 8.87. The van der Waals surface area contributed by atoms with E-state index in [2.05, 4.69) is 4.98 Å². The first-order chi connectivity index (χ1) is 23.3. The number of halogens is 2. The fraction of sp³-hybridized carbons (Fsp3) is 0.162. The molecule has 0 bridgehead atoms. The predicted molar refractivity (Wildman–Crippen MR) is 198 cm³/mol. The number of nitrogens with zero attached hydrogens (tertiary/aromatic N) is 2. The van der Waals surface area contributed by atoms with E-state index in [1.807, 2.05) is 30.3 Å². The van der Waals surface area contributed by atoms with Crippen molar-refractivity contribution in [2.45, 2.75) is 6.61 Å². The van der Waals surface area contributed by atoms with Crippen LogP contribution in [0.2, 0.25) is 0 Å². The molecule has 0 aliphatic heterocycles. The number of methoxy groups -OCH3 is 5. The van der Waals surface area contributed by atoms with Crippen LogP contribution in [0.15, 0.2) is 89.9 Å². The van der Waals surface area contributed by atoms with Crippen molar-refractivity contribution in [3.05, 3.63) is 107 Å². The number of anilines is 1. The molecule has 0 amide bonds. The predicted octanol–water partition coefficient (Wildman–Crippen LogP) is 7.03. The molecule has 6 rings (SSSR count). The van der Waals surface area contributed by atoms with Crippen molar-refractivity contribution in [1.29, 1.82) is 0 Å². The van der Waals surface area contributed by atoms with E-state index < -0.39 is 11.5 Å². The Balaban J connectivity index is 0.00000281. The maximum Gasteiger partial charge on any atom is 0.355 e. The number of para-hydroxylation sites is 1. The zero-order chi connectivity index (χ0) is 33.9. The summed E-state index contributed by atoms with van der Waals surface area (Å²) in [5.74, 6) is 0.953. The molecule has 13 heteroatoms. The molecule has 0 spiro atoms. The van der Waals surface area contributed by atoms with Crippen LogP contribution in [-0.2, 0) is 11.3 Å². The van der Waals surface area contributed by atoms with Crippen LogP contribution in [-0.4, -0.2) is 51.1 Å². The van der Waals surface area contributed by atoms with Crippen molar-refractivity contribution in [1.82, 2.24) is 9.55 Å². The van der Waals surface area contributed by atoms with Crippen LogP contribution in [0.1, 0.15) is 16.1 Å². The first-order valence-corrected chi connectivity index (χ1v) is 14.8. The normalized spacial score (nSPS) is 10.5. The van der Waals surface area contributed by atoms with Gasteiger partial charge in [0.15, 0.2) is 23.0 Å². The van der Waals surface area contributed by atoms with Gasteiger partial charge in [-0.15, -0.1) is 24.8 Å². The molecule has 6 aromatic rings. The maximum atomic E-state index is 14.5. The highest BCUT2D eigenvalue weighted by Gasteiger charge is 2.28. The van der Waals surface area contributed by atoms with Crippen molar-refractivity contribution < 1.29 is 33.2 Å². The average Bonchev–Trinajstić information content (AvgIpc) is 3.12. The molecule has 2 heterocycles. The number of esters is 1. The smallest absolute Gasteiger partial charge is 0.355 e. The lowest BCUT2D eigenvalue weighted by Crippen LogP contribution is -2.27. The zero-order valence-corrected chi connectivity index (χ0v) is 29.5. The number of pyridine rings is 2. The first-order valence-electron chi connectivity index (χ1n) is 14.8. The molecule has 0 fully saturated rings. The van der Waals surface area contributed by atoms with Crippen LogP contribution in [0.3, 0.4) is 0 Å². The summed E-state index contributed by atoms with van der Waals surface area (Å²) in [4.78, 5) is 32.7. The van der Waals surface area contributed by atoms with Crippen LogP contribution >= 0.6 is 24.8 Å². The second-order valence-corrected chi connectivity index (χ2v) is 10.7. The van der Waals surface area contributed by atoms with E-state index in [9.17, 15) is 9.59 Å². The first kappa shape index (κ1) is 37.2. The number of hydrogen-bond acceptors (Lipinski definition) is 10. The van der Waals surface area contributed by atoms with Gasteiger partial charge in [-0.2, -0.15) is 0 Å². The summed E-state index contributed by atoms with van der Waals surface area (Å²) in [5, 5.41) is 1.62. The molecule has 2 aromatic heterocycles. The van der Waals surface area contributed by atoms with E-state index in [0.29, 0.717) is 56.6 Å². The third-order valence-electron chi connectivity index (χ3n) is 7.99. The molecule has 0 aliphatic rings. The molecule has 260 valence electrons. The SMILES string of the molecule is COC(=O)c1c(-c2cc(OC)c(OC)c(OC)c2)c2cc(OC)c(OCc3cnc4ccccc4c3)cc2c(=O)n1-c1ccc(N)cc1.Cl.Cl. The van der Waals surface area contributed by atoms with Crippen LogP contribution in [0.25, 0.3) is 38.5 Å². The topological polar surface area (TPSA) is 133 Å². The van der Waals surface area contributed by atoms with Gasteiger partial charge in [0, 0.05) is 39.5 Å². The van der Waals surface area contributed by atoms with E-state index in [1.54, 1.807) is 54.7 Å². The minimum absolute atomic E-state index is 0. The standard InChI is InChI=1S/C37H33N3O8.2ClH/c1-43-29-17-26-27(18-30(29)48-20-21-14-22-8-6-7-9-28(22)39-19-21)36(41)40(25-12-10-24(38)11-13-25)34(37(42)47-5)33(26)23-15-31(44-2)35(46-4)32(16-23)45-3;;/h6-19H,20,38H2,1-5H3;2*1H. The molecule has 50 heavy (non-hydrogen) atoms. The van der Waals surface area contributed by atoms with Gasteiger partial charge in [-0.05, 0) is 66.2 Å². The van der Waals surface area contributed by atoms with Gasteiger partial charge >= 0.3 is 5.97 Å². The largest absolute Gasteiger partial charge is 0.493 e. The fourth-order valence-corrected chi connectivity index (χ4v) is 5.71. The Morgan fingerprint density at radius 2 is 1.40 bits per heavy atom. The number of rotatable bonds is 10. The Morgan fingerprint density at radius 1 is 0.760 bits per heavy atom. The molecule has 11 nitrogen and oxygen atoms in total. The Kier molecular flexibility index (Phi) is 11.7. The lowest BCUT2D eigenvalue weighted by molar-refractivity contribution is 0.0591. The van der Waals surface area contributed by atoms with Crippen molar-refractivity contribution in [2.75, 3.05) is 41.3 Å². The lowest BCUT2D eigenvalue weighted by Gasteiger charge is -2.21. The van der Waals surface area contributed by atoms with Gasteiger partial charge in [-0.3, -0.25) is 14.3 Å². The Labute approximate surface area is 300 Å². The van der Waals surface area contributed by atoms with Crippen molar-refractivity contribution in [2.24, 2.45) is 0 Å². The van der Waals surface area contributed by atoms with Gasteiger partial charge in [0.25, 0.3) is 5.56 Å². The van der Waals surface area contributed by atoms with Crippen LogP contribution in [0.4, 0.5) is 5.69 Å². The van der Waals surface area contributed by atoms with Gasteiger partial charge in [0.1, 0.15) is 12.3 Å². The van der Waals surface area contributed by atoms with Crippen LogP contribution in [0, 0.1) is 0 Å². The maximum absolute atomic E-state index is 14.5. The van der Waals surface area contributed by atoms with Crippen LogP contribution < -0.4 is 35.0 Å². The zero-order valence-electron chi connectivity index (χ0n) is 27.8. The highest BCUT2D eigenvalue weighted by molar-refractivity contribution is 6.08. The Hall–Kier alpha value is -5.65. The van der Waals surface area contributed by atoms with E-state index in [0.717, 1.165) is 16.5 Å². The number of nitrogen functional groups attached to an aromatic ring is 1. The van der Waals surface area contributed by atoms with Crippen molar-refractivity contribution in [3.63, 3.8) is 0 Å². The molecule has 0 atom stereocenters.